The fourth-order valence-corrected chi connectivity index (χ4v) is 5.99. The summed E-state index contributed by atoms with van der Waals surface area (Å²) in [6.45, 7) is 2.37. The molecule has 28 heavy (non-hydrogen) atoms. The van der Waals surface area contributed by atoms with Crippen molar-refractivity contribution in [3.8, 4) is 10.6 Å². The lowest BCUT2D eigenvalue weighted by Crippen LogP contribution is -2.27. The molecule has 7 heteroatoms. The molecule has 0 aliphatic heterocycles. The zero-order valence-electron chi connectivity index (χ0n) is 15.8. The average Bonchev–Trinajstić information content (AvgIpc) is 3.47. The van der Waals surface area contributed by atoms with Gasteiger partial charge in [0.05, 0.1) is 11.1 Å². The van der Waals surface area contributed by atoms with E-state index in [4.69, 9.17) is 4.42 Å². The van der Waals surface area contributed by atoms with E-state index in [1.807, 2.05) is 37.3 Å². The largest absolute Gasteiger partial charge is 0.440 e. The topological polar surface area (TPSA) is 72.2 Å². The monoisotopic (exact) mass is 416 g/mol. The van der Waals surface area contributed by atoms with Gasteiger partial charge in [-0.3, -0.25) is 0 Å². The third-order valence-electron chi connectivity index (χ3n) is 5.27. The molecule has 0 spiro atoms. The van der Waals surface area contributed by atoms with E-state index in [0.717, 1.165) is 29.2 Å². The van der Waals surface area contributed by atoms with Crippen LogP contribution < -0.4 is 4.72 Å². The molecule has 148 valence electrons. The Balaban J connectivity index is 1.44. The van der Waals surface area contributed by atoms with Crippen LogP contribution in [0.4, 0.5) is 0 Å². The van der Waals surface area contributed by atoms with E-state index in [1.165, 1.54) is 24.2 Å². The molecular formula is C21H24N2O3S2. The molecule has 0 bridgehead atoms. The third kappa shape index (κ3) is 4.21. The van der Waals surface area contributed by atoms with Crippen LogP contribution in [-0.2, 0) is 10.0 Å². The van der Waals surface area contributed by atoms with Gasteiger partial charge >= 0.3 is 0 Å². The van der Waals surface area contributed by atoms with Crippen molar-refractivity contribution in [2.24, 2.45) is 0 Å². The molecule has 1 aromatic carbocycles. The van der Waals surface area contributed by atoms with Gasteiger partial charge in [-0.25, -0.2) is 18.1 Å². The molecule has 1 N–H and O–H groups in total. The smallest absolute Gasteiger partial charge is 0.250 e. The molecular weight excluding hydrogens is 392 g/mol. The van der Waals surface area contributed by atoms with Crippen LogP contribution in [0.2, 0.25) is 0 Å². The van der Waals surface area contributed by atoms with E-state index in [1.54, 1.807) is 18.3 Å². The molecule has 2 heterocycles. The van der Waals surface area contributed by atoms with E-state index < -0.39 is 10.0 Å². The highest BCUT2D eigenvalue weighted by atomic mass is 32.2. The van der Waals surface area contributed by atoms with Crippen LogP contribution in [0.25, 0.3) is 10.6 Å². The van der Waals surface area contributed by atoms with Gasteiger partial charge in [0.15, 0.2) is 11.7 Å². The van der Waals surface area contributed by atoms with Crippen molar-refractivity contribution in [1.29, 1.82) is 0 Å². The summed E-state index contributed by atoms with van der Waals surface area (Å²) < 4.78 is 34.3. The van der Waals surface area contributed by atoms with Crippen LogP contribution in [0.5, 0.6) is 0 Å². The summed E-state index contributed by atoms with van der Waals surface area (Å²) >= 11 is 1.21. The van der Waals surface area contributed by atoms with Crippen molar-refractivity contribution < 1.29 is 12.8 Å². The summed E-state index contributed by atoms with van der Waals surface area (Å²) in [6.07, 6.45) is 6.38. The lowest BCUT2D eigenvalue weighted by atomic mass is 10.0. The van der Waals surface area contributed by atoms with Crippen molar-refractivity contribution in [2.75, 3.05) is 6.54 Å². The Morgan fingerprint density at radius 2 is 1.93 bits per heavy atom. The van der Waals surface area contributed by atoms with Crippen molar-refractivity contribution in [3.63, 3.8) is 0 Å². The van der Waals surface area contributed by atoms with Crippen molar-refractivity contribution >= 4 is 21.4 Å². The van der Waals surface area contributed by atoms with Gasteiger partial charge in [-0.05, 0) is 36.5 Å². The second kappa shape index (κ2) is 8.19. The summed E-state index contributed by atoms with van der Waals surface area (Å²) in [5.41, 5.74) is 1.11. The molecule has 0 saturated heterocycles. The second-order valence-electron chi connectivity index (χ2n) is 7.33. The fraction of sp³-hybridized carbons (Fsp3) is 0.381. The first-order valence-electron chi connectivity index (χ1n) is 9.63. The van der Waals surface area contributed by atoms with Crippen molar-refractivity contribution in [3.05, 3.63) is 60.1 Å². The number of aromatic nitrogens is 1. The van der Waals surface area contributed by atoms with E-state index in [-0.39, 0.29) is 5.92 Å². The Morgan fingerprint density at radius 3 is 2.68 bits per heavy atom. The predicted molar refractivity (Wildman–Crippen MR) is 111 cm³/mol. The minimum Gasteiger partial charge on any atom is -0.440 e. The van der Waals surface area contributed by atoms with E-state index in [2.05, 4.69) is 9.71 Å². The molecule has 0 amide bonds. The first-order chi connectivity index (χ1) is 13.5. The molecule has 0 unspecified atom stereocenters. The molecule has 4 rings (SSSR count). The first kappa shape index (κ1) is 19.4. The van der Waals surface area contributed by atoms with E-state index in [9.17, 15) is 8.42 Å². The van der Waals surface area contributed by atoms with Gasteiger partial charge < -0.3 is 4.42 Å². The molecule has 1 atom stereocenters. The minimum absolute atomic E-state index is 0.0960. The zero-order chi connectivity index (χ0) is 19.6. The lowest BCUT2D eigenvalue weighted by Gasteiger charge is -2.12. The third-order valence-corrected chi connectivity index (χ3v) is 8.28. The number of sulfonamides is 1. The molecule has 1 fully saturated rings. The van der Waals surface area contributed by atoms with Gasteiger partial charge in [-0.1, -0.05) is 50.1 Å². The lowest BCUT2D eigenvalue weighted by molar-refractivity contribution is 0.458. The van der Waals surface area contributed by atoms with Gasteiger partial charge in [0.25, 0.3) is 0 Å². The first-order valence-corrected chi connectivity index (χ1v) is 11.9. The van der Waals surface area contributed by atoms with Gasteiger partial charge in [-0.15, -0.1) is 11.3 Å². The highest BCUT2D eigenvalue weighted by molar-refractivity contribution is 7.91. The molecule has 0 radical (unpaired) electrons. The van der Waals surface area contributed by atoms with Crippen LogP contribution in [0, 0.1) is 0 Å². The minimum atomic E-state index is -3.55. The Bertz CT molecular complexity index is 1020. The number of nitrogens with one attached hydrogen (secondary N) is 1. The van der Waals surface area contributed by atoms with Crippen LogP contribution in [-0.4, -0.2) is 19.9 Å². The van der Waals surface area contributed by atoms with Gasteiger partial charge in [0.1, 0.15) is 4.21 Å². The fourth-order valence-electron chi connectivity index (χ4n) is 3.57. The maximum absolute atomic E-state index is 12.7. The Hall–Kier alpha value is -1.96. The van der Waals surface area contributed by atoms with Crippen LogP contribution in [0.1, 0.15) is 55.9 Å². The summed E-state index contributed by atoms with van der Waals surface area (Å²) in [6, 6.07) is 13.3. The second-order valence-corrected chi connectivity index (χ2v) is 10.4. The van der Waals surface area contributed by atoms with Crippen molar-refractivity contribution in [2.45, 2.75) is 48.7 Å². The van der Waals surface area contributed by atoms with Crippen LogP contribution >= 0.6 is 11.3 Å². The Labute approximate surface area is 169 Å². The highest BCUT2D eigenvalue weighted by Crippen LogP contribution is 2.37. The predicted octanol–water partition coefficient (Wildman–Crippen LogP) is 5.14. The number of oxazole rings is 1. The molecule has 1 saturated carbocycles. The highest BCUT2D eigenvalue weighted by Gasteiger charge is 2.23. The Kier molecular flexibility index (Phi) is 5.66. The molecule has 2 aromatic heterocycles. The normalized spacial score (nSPS) is 16.5. The van der Waals surface area contributed by atoms with Gasteiger partial charge in [-0.2, -0.15) is 0 Å². The summed E-state index contributed by atoms with van der Waals surface area (Å²) in [5.74, 6) is 1.92. The molecule has 3 aromatic rings. The summed E-state index contributed by atoms with van der Waals surface area (Å²) in [4.78, 5) is 5.20. The molecule has 1 aliphatic rings. The van der Waals surface area contributed by atoms with Crippen molar-refractivity contribution in [1.82, 2.24) is 9.71 Å². The SMILES string of the molecule is C[C@H](CNS(=O)(=O)c1ccc(-c2cnc(C3CCCC3)o2)s1)c1ccccc1. The van der Waals surface area contributed by atoms with Crippen LogP contribution in [0.15, 0.2) is 57.3 Å². The summed E-state index contributed by atoms with van der Waals surface area (Å²) in [7, 11) is -3.55. The quantitative estimate of drug-likeness (QED) is 0.579. The maximum atomic E-state index is 12.7. The number of thiophene rings is 1. The van der Waals surface area contributed by atoms with Gasteiger partial charge in [0, 0.05) is 12.5 Å². The average molecular weight is 417 g/mol. The number of benzene rings is 1. The standard InChI is InChI=1S/C21H24N2O3S2/c1-15(16-7-3-2-4-8-16)13-23-28(24,25)20-12-11-19(27-20)18-14-22-21(26-18)17-9-5-6-10-17/h2-4,7-8,11-12,14-15,17,23H,5-6,9-10,13H2,1H3/t15-/m1/s1. The van der Waals surface area contributed by atoms with Gasteiger partial charge in [0.2, 0.25) is 10.0 Å². The van der Waals surface area contributed by atoms with Crippen LogP contribution in [0.3, 0.4) is 0 Å². The maximum Gasteiger partial charge on any atom is 0.250 e. The molecule has 5 nitrogen and oxygen atoms in total. The number of rotatable bonds is 7. The van der Waals surface area contributed by atoms with E-state index in [0.29, 0.717) is 22.4 Å². The number of hydrogen-bond acceptors (Lipinski definition) is 5. The zero-order valence-corrected chi connectivity index (χ0v) is 17.4. The van der Waals surface area contributed by atoms with E-state index >= 15 is 0 Å². The molecule has 1 aliphatic carbocycles. The number of hydrogen-bond donors (Lipinski definition) is 1. The Morgan fingerprint density at radius 1 is 1.18 bits per heavy atom. The number of nitrogens with zero attached hydrogens (tertiary/aromatic N) is 1. The summed E-state index contributed by atoms with van der Waals surface area (Å²) in [5, 5.41) is 0.